The van der Waals surface area contributed by atoms with Crippen molar-refractivity contribution in [3.8, 4) is 11.4 Å². The van der Waals surface area contributed by atoms with E-state index in [-0.39, 0.29) is 17.1 Å². The fraction of sp³-hybridized carbons (Fsp3) is 0.118. The van der Waals surface area contributed by atoms with Crippen LogP contribution in [0.5, 0.6) is 0 Å². The third-order valence-corrected chi connectivity index (χ3v) is 3.84. The Labute approximate surface area is 143 Å². The molecule has 0 radical (unpaired) electrons. The smallest absolute Gasteiger partial charge is 0.256 e. The lowest BCUT2D eigenvalue weighted by atomic mass is 10.2. The Morgan fingerprint density at radius 1 is 1.25 bits per heavy atom. The second-order valence-electron chi connectivity index (χ2n) is 5.14. The summed E-state index contributed by atoms with van der Waals surface area (Å²) in [5.41, 5.74) is 2.04. The number of aromatic nitrogens is 3. The van der Waals surface area contributed by atoms with Gasteiger partial charge in [-0.15, -0.1) is 0 Å². The van der Waals surface area contributed by atoms with E-state index in [1.54, 1.807) is 17.9 Å². The van der Waals surface area contributed by atoms with Crippen LogP contribution in [-0.2, 0) is 13.6 Å². The minimum absolute atomic E-state index is 0.0756. The van der Waals surface area contributed by atoms with Gasteiger partial charge in [0.2, 0.25) is 0 Å². The SMILES string of the molecule is Cn1nc(-c2ccccn2)cc1CNC(=O)c1c(F)cccc1Cl. The summed E-state index contributed by atoms with van der Waals surface area (Å²) in [7, 11) is 1.77. The number of amides is 1. The van der Waals surface area contributed by atoms with Crippen LogP contribution in [0.3, 0.4) is 0 Å². The molecule has 0 atom stereocenters. The van der Waals surface area contributed by atoms with E-state index in [0.29, 0.717) is 5.69 Å². The predicted molar refractivity (Wildman–Crippen MR) is 89.0 cm³/mol. The zero-order valence-corrected chi connectivity index (χ0v) is 13.6. The van der Waals surface area contributed by atoms with Gasteiger partial charge in [0.25, 0.3) is 5.91 Å². The summed E-state index contributed by atoms with van der Waals surface area (Å²) in [6.07, 6.45) is 1.69. The number of nitrogens with one attached hydrogen (secondary N) is 1. The topological polar surface area (TPSA) is 59.8 Å². The molecule has 0 fully saturated rings. The van der Waals surface area contributed by atoms with Gasteiger partial charge >= 0.3 is 0 Å². The normalized spacial score (nSPS) is 10.6. The van der Waals surface area contributed by atoms with Crippen molar-refractivity contribution in [2.75, 3.05) is 0 Å². The monoisotopic (exact) mass is 344 g/mol. The number of carbonyl (C=O) groups excluding carboxylic acids is 1. The van der Waals surface area contributed by atoms with E-state index in [4.69, 9.17) is 11.6 Å². The average Bonchev–Trinajstić information content (AvgIpc) is 2.94. The van der Waals surface area contributed by atoms with Gasteiger partial charge in [0.15, 0.2) is 0 Å². The van der Waals surface area contributed by atoms with Gasteiger partial charge in [-0.25, -0.2) is 4.39 Å². The van der Waals surface area contributed by atoms with Crippen LogP contribution < -0.4 is 5.32 Å². The van der Waals surface area contributed by atoms with Gasteiger partial charge < -0.3 is 5.32 Å². The standard InChI is InChI=1S/C17H14ClFN4O/c1-23-11(9-15(22-23)14-7-2-3-8-20-14)10-21-17(24)16-12(18)5-4-6-13(16)19/h2-9H,10H2,1H3,(H,21,24). The van der Waals surface area contributed by atoms with E-state index in [0.717, 1.165) is 11.4 Å². The van der Waals surface area contributed by atoms with Crippen LogP contribution in [0.1, 0.15) is 16.1 Å². The molecule has 0 saturated heterocycles. The Morgan fingerprint density at radius 2 is 2.08 bits per heavy atom. The lowest BCUT2D eigenvalue weighted by Gasteiger charge is -2.07. The van der Waals surface area contributed by atoms with Crippen molar-refractivity contribution in [3.63, 3.8) is 0 Å². The van der Waals surface area contributed by atoms with Gasteiger partial charge in [-0.2, -0.15) is 5.10 Å². The Bertz CT molecular complexity index is 859. The Kier molecular flexibility index (Phi) is 4.57. The first kappa shape index (κ1) is 16.1. The number of hydrogen-bond donors (Lipinski definition) is 1. The van der Waals surface area contributed by atoms with E-state index in [1.807, 2.05) is 24.3 Å². The van der Waals surface area contributed by atoms with Crippen molar-refractivity contribution in [2.24, 2.45) is 7.05 Å². The molecule has 0 spiro atoms. The third kappa shape index (κ3) is 3.28. The molecule has 24 heavy (non-hydrogen) atoms. The summed E-state index contributed by atoms with van der Waals surface area (Å²) >= 11 is 5.89. The lowest BCUT2D eigenvalue weighted by Crippen LogP contribution is -2.25. The first-order valence-corrected chi connectivity index (χ1v) is 7.60. The molecule has 0 aliphatic rings. The summed E-state index contributed by atoms with van der Waals surface area (Å²) in [6.45, 7) is 0.194. The van der Waals surface area contributed by atoms with E-state index >= 15 is 0 Å². The molecule has 0 aliphatic carbocycles. The summed E-state index contributed by atoms with van der Waals surface area (Å²) in [5.74, 6) is -1.22. The first-order chi connectivity index (χ1) is 11.6. The summed E-state index contributed by atoms with van der Waals surface area (Å²) in [6, 6.07) is 11.5. The van der Waals surface area contributed by atoms with Crippen molar-refractivity contribution in [1.29, 1.82) is 0 Å². The molecule has 1 aromatic carbocycles. The van der Waals surface area contributed by atoms with Crippen molar-refractivity contribution in [1.82, 2.24) is 20.1 Å². The maximum atomic E-state index is 13.8. The van der Waals surface area contributed by atoms with Gasteiger partial charge in [0.1, 0.15) is 11.5 Å². The molecular formula is C17H14ClFN4O. The maximum absolute atomic E-state index is 13.8. The van der Waals surface area contributed by atoms with Crippen LogP contribution in [0.2, 0.25) is 5.02 Å². The number of pyridine rings is 1. The number of rotatable bonds is 4. The van der Waals surface area contributed by atoms with Gasteiger partial charge in [-0.1, -0.05) is 23.7 Å². The second kappa shape index (κ2) is 6.80. The molecule has 3 aromatic rings. The summed E-state index contributed by atoms with van der Waals surface area (Å²) < 4.78 is 15.4. The Hall–Kier alpha value is -2.73. The van der Waals surface area contributed by atoms with E-state index in [2.05, 4.69) is 15.4 Å². The lowest BCUT2D eigenvalue weighted by molar-refractivity contribution is 0.0946. The summed E-state index contributed by atoms with van der Waals surface area (Å²) in [5, 5.41) is 7.10. The van der Waals surface area contributed by atoms with Crippen molar-refractivity contribution in [3.05, 3.63) is 70.8 Å². The quantitative estimate of drug-likeness (QED) is 0.790. The van der Waals surface area contributed by atoms with E-state index in [9.17, 15) is 9.18 Å². The zero-order valence-electron chi connectivity index (χ0n) is 12.8. The average molecular weight is 345 g/mol. The molecule has 1 N–H and O–H groups in total. The molecule has 7 heteroatoms. The van der Waals surface area contributed by atoms with Gasteiger partial charge in [0.05, 0.1) is 28.5 Å². The van der Waals surface area contributed by atoms with Crippen LogP contribution in [0.15, 0.2) is 48.7 Å². The molecule has 3 rings (SSSR count). The molecule has 0 unspecified atom stereocenters. The molecule has 122 valence electrons. The second-order valence-corrected chi connectivity index (χ2v) is 5.55. The largest absolute Gasteiger partial charge is 0.346 e. The van der Waals surface area contributed by atoms with Crippen molar-refractivity contribution in [2.45, 2.75) is 6.54 Å². The number of aryl methyl sites for hydroxylation is 1. The van der Waals surface area contributed by atoms with Crippen molar-refractivity contribution < 1.29 is 9.18 Å². The minimum atomic E-state index is -0.654. The number of nitrogens with zero attached hydrogens (tertiary/aromatic N) is 3. The van der Waals surface area contributed by atoms with Crippen LogP contribution >= 0.6 is 11.6 Å². The highest BCUT2D eigenvalue weighted by Gasteiger charge is 2.16. The fourth-order valence-corrected chi connectivity index (χ4v) is 2.53. The maximum Gasteiger partial charge on any atom is 0.256 e. The molecular weight excluding hydrogens is 331 g/mol. The highest BCUT2D eigenvalue weighted by molar-refractivity contribution is 6.33. The number of benzene rings is 1. The molecule has 2 aromatic heterocycles. The Balaban J connectivity index is 1.76. The first-order valence-electron chi connectivity index (χ1n) is 7.23. The van der Waals surface area contributed by atoms with Crippen LogP contribution in [0.4, 0.5) is 4.39 Å². The van der Waals surface area contributed by atoms with Crippen molar-refractivity contribution >= 4 is 17.5 Å². The van der Waals surface area contributed by atoms with Crippen LogP contribution in [0.25, 0.3) is 11.4 Å². The highest BCUT2D eigenvalue weighted by Crippen LogP contribution is 2.19. The van der Waals surface area contributed by atoms with E-state index in [1.165, 1.54) is 18.2 Å². The van der Waals surface area contributed by atoms with Gasteiger partial charge in [-0.05, 0) is 30.3 Å². The molecule has 2 heterocycles. The molecule has 0 saturated carbocycles. The highest BCUT2D eigenvalue weighted by atomic mass is 35.5. The van der Waals surface area contributed by atoms with Gasteiger partial charge in [-0.3, -0.25) is 14.5 Å². The minimum Gasteiger partial charge on any atom is -0.346 e. The molecule has 5 nitrogen and oxygen atoms in total. The van der Waals surface area contributed by atoms with Crippen LogP contribution in [0, 0.1) is 5.82 Å². The molecule has 0 aliphatic heterocycles. The number of carbonyl (C=O) groups is 1. The fourth-order valence-electron chi connectivity index (χ4n) is 2.28. The summed E-state index contributed by atoms with van der Waals surface area (Å²) in [4.78, 5) is 16.4. The van der Waals surface area contributed by atoms with Crippen LogP contribution in [-0.4, -0.2) is 20.7 Å². The number of halogens is 2. The number of hydrogen-bond acceptors (Lipinski definition) is 3. The Morgan fingerprint density at radius 3 is 2.79 bits per heavy atom. The molecule has 1 amide bonds. The van der Waals surface area contributed by atoms with Gasteiger partial charge in [0, 0.05) is 13.2 Å². The van der Waals surface area contributed by atoms with E-state index < -0.39 is 11.7 Å². The third-order valence-electron chi connectivity index (χ3n) is 3.52. The molecule has 0 bridgehead atoms. The zero-order chi connectivity index (χ0) is 17.1. The predicted octanol–water partition coefficient (Wildman–Crippen LogP) is 3.20.